The lowest BCUT2D eigenvalue weighted by molar-refractivity contribution is 0.102. The van der Waals surface area contributed by atoms with Gasteiger partial charge in [-0.1, -0.05) is 19.8 Å². The van der Waals surface area contributed by atoms with Gasteiger partial charge in [-0.3, -0.25) is 14.2 Å². The molecule has 2 aromatic carbocycles. The Hall–Kier alpha value is -3.55. The molecule has 0 aliphatic carbocycles. The van der Waals surface area contributed by atoms with Crippen LogP contribution in [-0.4, -0.2) is 29.7 Å². The Labute approximate surface area is 173 Å². The minimum atomic E-state index is -0.471. The van der Waals surface area contributed by atoms with Crippen LogP contribution in [0.2, 0.25) is 0 Å². The molecule has 1 aromatic heterocycles. The minimum Gasteiger partial charge on any atom is -0.493 e. The van der Waals surface area contributed by atoms with Crippen molar-refractivity contribution in [2.45, 2.75) is 32.7 Å². The van der Waals surface area contributed by atoms with Gasteiger partial charge in [0.2, 0.25) is 0 Å². The zero-order valence-electron chi connectivity index (χ0n) is 17.3. The third-order valence-electron chi connectivity index (χ3n) is 4.87. The van der Waals surface area contributed by atoms with Gasteiger partial charge in [-0.25, -0.2) is 4.79 Å². The number of carbonyl (C=O) groups is 1. The van der Waals surface area contributed by atoms with E-state index in [4.69, 9.17) is 9.47 Å². The summed E-state index contributed by atoms with van der Waals surface area (Å²) in [5, 5.41) is 3.14. The maximum atomic E-state index is 12.7. The largest absolute Gasteiger partial charge is 0.493 e. The van der Waals surface area contributed by atoms with E-state index in [0.29, 0.717) is 40.2 Å². The van der Waals surface area contributed by atoms with E-state index in [1.807, 2.05) is 0 Å². The molecule has 8 heteroatoms. The van der Waals surface area contributed by atoms with Crippen LogP contribution in [0.5, 0.6) is 11.5 Å². The number of carbonyl (C=O) groups excluding carboxylic acids is 1. The molecule has 8 nitrogen and oxygen atoms in total. The van der Waals surface area contributed by atoms with Crippen LogP contribution in [0.15, 0.2) is 46.0 Å². The summed E-state index contributed by atoms with van der Waals surface area (Å²) < 4.78 is 11.6. The molecule has 3 aromatic rings. The number of fused-ring (bicyclic) bond motifs is 1. The first kappa shape index (κ1) is 21.2. The van der Waals surface area contributed by atoms with Crippen LogP contribution in [0.1, 0.15) is 36.5 Å². The molecule has 1 heterocycles. The van der Waals surface area contributed by atoms with Crippen molar-refractivity contribution in [3.05, 3.63) is 62.8 Å². The van der Waals surface area contributed by atoms with Gasteiger partial charge >= 0.3 is 5.69 Å². The molecule has 0 saturated heterocycles. The average molecular weight is 411 g/mol. The fourth-order valence-corrected chi connectivity index (χ4v) is 3.24. The SMILES string of the molecule is CCCCCn1c(=O)[nH]c2cc(C(=O)Nc3ccc(OC)c(OC)c3)ccc2c1=O. The lowest BCUT2D eigenvalue weighted by Gasteiger charge is -2.11. The summed E-state index contributed by atoms with van der Waals surface area (Å²) >= 11 is 0. The van der Waals surface area contributed by atoms with Gasteiger partial charge in [0.1, 0.15) is 0 Å². The molecule has 1 amide bonds. The fourth-order valence-electron chi connectivity index (χ4n) is 3.24. The number of ether oxygens (including phenoxy) is 2. The number of methoxy groups -OCH3 is 2. The first-order valence-corrected chi connectivity index (χ1v) is 9.78. The number of aromatic nitrogens is 2. The van der Waals surface area contributed by atoms with Crippen molar-refractivity contribution >= 4 is 22.5 Å². The van der Waals surface area contributed by atoms with Crippen LogP contribution in [0.4, 0.5) is 5.69 Å². The Morgan fingerprint density at radius 3 is 2.50 bits per heavy atom. The van der Waals surface area contributed by atoms with Crippen LogP contribution in [0.25, 0.3) is 10.9 Å². The second kappa shape index (κ2) is 9.30. The second-order valence-electron chi connectivity index (χ2n) is 6.88. The molecule has 158 valence electrons. The predicted octanol–water partition coefficient (Wildman–Crippen LogP) is 3.15. The van der Waals surface area contributed by atoms with Crippen molar-refractivity contribution in [3.63, 3.8) is 0 Å². The molecule has 0 aliphatic heterocycles. The molecule has 0 bridgehead atoms. The normalized spacial score (nSPS) is 10.8. The van der Waals surface area contributed by atoms with Gasteiger partial charge in [0.05, 0.1) is 25.1 Å². The van der Waals surface area contributed by atoms with Crippen molar-refractivity contribution in [2.75, 3.05) is 19.5 Å². The van der Waals surface area contributed by atoms with Gasteiger partial charge in [0, 0.05) is 23.9 Å². The molecular formula is C22H25N3O5. The van der Waals surface area contributed by atoms with Gasteiger partial charge in [-0.05, 0) is 36.8 Å². The molecule has 0 radical (unpaired) electrons. The van der Waals surface area contributed by atoms with Crippen LogP contribution in [-0.2, 0) is 6.54 Å². The number of hydrogen-bond acceptors (Lipinski definition) is 5. The number of amides is 1. The number of unbranched alkanes of at least 4 members (excludes halogenated alkanes) is 2. The molecule has 0 saturated carbocycles. The van der Waals surface area contributed by atoms with Gasteiger partial charge in [0.15, 0.2) is 11.5 Å². The summed E-state index contributed by atoms with van der Waals surface area (Å²) in [6, 6.07) is 9.66. The molecular weight excluding hydrogens is 386 g/mol. The van der Waals surface area contributed by atoms with Crippen molar-refractivity contribution in [1.29, 1.82) is 0 Å². The van der Waals surface area contributed by atoms with E-state index in [2.05, 4.69) is 17.2 Å². The topological polar surface area (TPSA) is 102 Å². The van der Waals surface area contributed by atoms with E-state index in [-0.39, 0.29) is 11.5 Å². The first-order chi connectivity index (χ1) is 14.5. The summed E-state index contributed by atoms with van der Waals surface area (Å²) in [5.74, 6) is 0.660. The molecule has 0 atom stereocenters. The maximum Gasteiger partial charge on any atom is 0.328 e. The Kier molecular flexibility index (Phi) is 6.56. The first-order valence-electron chi connectivity index (χ1n) is 9.78. The Bertz CT molecular complexity index is 1180. The van der Waals surface area contributed by atoms with Crippen molar-refractivity contribution in [2.24, 2.45) is 0 Å². The van der Waals surface area contributed by atoms with Crippen LogP contribution in [0.3, 0.4) is 0 Å². The van der Waals surface area contributed by atoms with Crippen LogP contribution < -0.4 is 26.0 Å². The predicted molar refractivity (Wildman–Crippen MR) is 116 cm³/mol. The minimum absolute atomic E-state index is 0.316. The van der Waals surface area contributed by atoms with E-state index >= 15 is 0 Å². The quantitative estimate of drug-likeness (QED) is 0.555. The second-order valence-corrected chi connectivity index (χ2v) is 6.88. The highest BCUT2D eigenvalue weighted by molar-refractivity contribution is 6.06. The number of anilines is 1. The van der Waals surface area contributed by atoms with Gasteiger partial charge in [0.25, 0.3) is 11.5 Å². The lowest BCUT2D eigenvalue weighted by atomic mass is 10.1. The van der Waals surface area contributed by atoms with E-state index < -0.39 is 5.69 Å². The summed E-state index contributed by atoms with van der Waals surface area (Å²) in [6.45, 7) is 2.43. The smallest absolute Gasteiger partial charge is 0.328 e. The molecule has 0 aliphatic rings. The molecule has 3 rings (SSSR count). The van der Waals surface area contributed by atoms with E-state index in [0.717, 1.165) is 19.3 Å². The zero-order chi connectivity index (χ0) is 21.7. The third kappa shape index (κ3) is 4.37. The molecule has 30 heavy (non-hydrogen) atoms. The lowest BCUT2D eigenvalue weighted by Crippen LogP contribution is -2.35. The van der Waals surface area contributed by atoms with E-state index in [9.17, 15) is 14.4 Å². The standard InChI is InChI=1S/C22H25N3O5/c1-4-5-6-11-25-21(27)16-9-7-14(12-17(16)24-22(25)28)20(26)23-15-8-10-18(29-2)19(13-15)30-3/h7-10,12-13H,4-6,11H2,1-3H3,(H,23,26)(H,24,28). The number of benzene rings is 2. The average Bonchev–Trinajstić information content (AvgIpc) is 2.75. The highest BCUT2D eigenvalue weighted by atomic mass is 16.5. The van der Waals surface area contributed by atoms with Gasteiger partial charge in [-0.15, -0.1) is 0 Å². The highest BCUT2D eigenvalue weighted by Crippen LogP contribution is 2.30. The summed E-state index contributed by atoms with van der Waals surface area (Å²) in [4.78, 5) is 40.4. The summed E-state index contributed by atoms with van der Waals surface area (Å²) in [6.07, 6.45) is 2.70. The molecule has 0 fully saturated rings. The molecule has 2 N–H and O–H groups in total. The summed E-state index contributed by atoms with van der Waals surface area (Å²) in [7, 11) is 3.04. The fraction of sp³-hybridized carbons (Fsp3) is 0.318. The van der Waals surface area contributed by atoms with E-state index in [1.54, 1.807) is 30.3 Å². The van der Waals surface area contributed by atoms with Crippen molar-refractivity contribution in [3.8, 4) is 11.5 Å². The number of hydrogen-bond donors (Lipinski definition) is 2. The van der Waals surface area contributed by atoms with Crippen molar-refractivity contribution in [1.82, 2.24) is 9.55 Å². The van der Waals surface area contributed by atoms with Gasteiger partial charge < -0.3 is 19.8 Å². The number of nitrogens with zero attached hydrogens (tertiary/aromatic N) is 1. The number of aromatic amines is 1. The number of H-pyrrole nitrogens is 1. The third-order valence-corrected chi connectivity index (χ3v) is 4.87. The number of rotatable bonds is 8. The summed E-state index contributed by atoms with van der Waals surface area (Å²) in [5.41, 5.74) is 0.350. The Morgan fingerprint density at radius 2 is 1.80 bits per heavy atom. The zero-order valence-corrected chi connectivity index (χ0v) is 17.3. The molecule has 0 unspecified atom stereocenters. The monoisotopic (exact) mass is 411 g/mol. The van der Waals surface area contributed by atoms with Crippen LogP contribution >= 0.6 is 0 Å². The van der Waals surface area contributed by atoms with Crippen molar-refractivity contribution < 1.29 is 14.3 Å². The maximum absolute atomic E-state index is 12.7. The van der Waals surface area contributed by atoms with Gasteiger partial charge in [-0.2, -0.15) is 0 Å². The Balaban J connectivity index is 1.88. The molecule has 0 spiro atoms. The van der Waals surface area contributed by atoms with Crippen LogP contribution in [0, 0.1) is 0 Å². The highest BCUT2D eigenvalue weighted by Gasteiger charge is 2.13. The number of nitrogens with one attached hydrogen (secondary N) is 2. The van der Waals surface area contributed by atoms with E-state index in [1.165, 1.54) is 24.9 Å². The Morgan fingerprint density at radius 1 is 1.03 bits per heavy atom.